The molecule has 6 fully saturated rings. The van der Waals surface area contributed by atoms with E-state index >= 15 is 0 Å². The number of esters is 1. The molecule has 3 aliphatic heterocycles. The first-order valence-corrected chi connectivity index (χ1v) is 23.6. The van der Waals surface area contributed by atoms with Crippen LogP contribution >= 0.6 is 0 Å². The first-order valence-electron chi connectivity index (χ1n) is 23.6. The second kappa shape index (κ2) is 17.6. The molecule has 0 amide bonds. The van der Waals surface area contributed by atoms with Crippen LogP contribution in [0.1, 0.15) is 99.8 Å². The number of ether oxygens (including phenoxy) is 6. The summed E-state index contributed by atoms with van der Waals surface area (Å²) in [5, 5.41) is 119. The summed E-state index contributed by atoms with van der Waals surface area (Å²) >= 11 is 0. The van der Waals surface area contributed by atoms with Crippen LogP contribution in [0, 0.1) is 44.8 Å². The van der Waals surface area contributed by atoms with Crippen molar-refractivity contribution in [2.75, 3.05) is 13.2 Å². The summed E-state index contributed by atoms with van der Waals surface area (Å²) in [6.07, 6.45) is -16.2. The van der Waals surface area contributed by atoms with Gasteiger partial charge in [-0.1, -0.05) is 57.9 Å². The van der Waals surface area contributed by atoms with E-state index in [1.807, 2.05) is 0 Å². The summed E-state index contributed by atoms with van der Waals surface area (Å²) < 4.78 is 34.6. The third-order valence-electron chi connectivity index (χ3n) is 18.6. The van der Waals surface area contributed by atoms with E-state index < -0.39 is 134 Å². The fourth-order valence-electron chi connectivity index (χ4n) is 14.4. The second-order valence-corrected chi connectivity index (χ2v) is 22.2. The number of hydrogen-bond acceptors (Lipinski definition) is 18. The fourth-order valence-corrected chi connectivity index (χ4v) is 14.4. The molecule has 0 aromatic heterocycles. The van der Waals surface area contributed by atoms with E-state index in [-0.39, 0.29) is 34.0 Å². The summed E-state index contributed by atoms with van der Waals surface area (Å²) in [4.78, 5) is 14.8. The summed E-state index contributed by atoms with van der Waals surface area (Å²) in [6, 6.07) is 0. The van der Waals surface area contributed by atoms with Gasteiger partial charge in [0, 0.05) is 5.92 Å². The lowest BCUT2D eigenvalue weighted by Gasteiger charge is -2.71. The maximum absolute atomic E-state index is 14.8. The number of carbonyl (C=O) groups excluding carboxylic acids is 1. The Kier molecular flexibility index (Phi) is 13.5. The molecule has 3 saturated heterocycles. The van der Waals surface area contributed by atoms with E-state index in [1.165, 1.54) is 12.5 Å². The standard InChI is InChI=1S/C47H74O18/c1-20-10-13-47(15-14-45(6)22(23(47)16-20)8-9-28-44(5)17-24(49)38(58)43(3,4)27(44)11-12-46(28,45)7)42(59)65-41-35(56)32(53)30(51)26(63-41)19-60-39-36(57)33(54)37(25(18-48)62-39)64-40-34(55)31(52)29(50)21(2)61-40/h8,10,21,23-41,48-58H,9,11-19H2,1-7H3. The summed E-state index contributed by atoms with van der Waals surface area (Å²) in [5.74, 6) is -0.387. The van der Waals surface area contributed by atoms with Crippen LogP contribution in [0.4, 0.5) is 0 Å². The van der Waals surface area contributed by atoms with Crippen LogP contribution in [0.15, 0.2) is 23.3 Å². The molecule has 0 bridgehead atoms. The van der Waals surface area contributed by atoms with Gasteiger partial charge in [-0.3, -0.25) is 4.79 Å². The minimum atomic E-state index is -1.85. The van der Waals surface area contributed by atoms with Crippen molar-refractivity contribution >= 4 is 5.97 Å². The lowest BCUT2D eigenvalue weighted by atomic mass is 9.34. The molecule has 65 heavy (non-hydrogen) atoms. The Morgan fingerprint density at radius 3 is 2.08 bits per heavy atom. The molecular weight excluding hydrogens is 852 g/mol. The Bertz CT molecular complexity index is 1830. The highest BCUT2D eigenvalue weighted by molar-refractivity contribution is 5.79. The van der Waals surface area contributed by atoms with Crippen LogP contribution in [0.25, 0.3) is 0 Å². The van der Waals surface area contributed by atoms with E-state index in [2.05, 4.69) is 53.7 Å². The van der Waals surface area contributed by atoms with E-state index in [0.29, 0.717) is 32.1 Å². The third kappa shape index (κ3) is 7.72. The molecule has 8 aliphatic rings. The van der Waals surface area contributed by atoms with Crippen LogP contribution in [-0.4, -0.2) is 180 Å². The van der Waals surface area contributed by atoms with Crippen molar-refractivity contribution in [2.24, 2.45) is 44.8 Å². The van der Waals surface area contributed by atoms with Crippen molar-refractivity contribution in [2.45, 2.75) is 204 Å². The van der Waals surface area contributed by atoms with E-state index in [0.717, 1.165) is 24.8 Å². The number of rotatable bonds is 8. The molecule has 11 N–H and O–H groups in total. The van der Waals surface area contributed by atoms with Crippen molar-refractivity contribution in [3.05, 3.63) is 23.3 Å². The van der Waals surface area contributed by atoms with E-state index in [4.69, 9.17) is 28.4 Å². The number of aliphatic hydroxyl groups is 11. The molecule has 3 heterocycles. The van der Waals surface area contributed by atoms with Crippen molar-refractivity contribution < 1.29 is 89.4 Å². The molecule has 0 aromatic rings. The van der Waals surface area contributed by atoms with Gasteiger partial charge in [-0.25, -0.2) is 0 Å². The van der Waals surface area contributed by atoms with Gasteiger partial charge in [-0.2, -0.15) is 0 Å². The molecule has 0 aromatic carbocycles. The molecule has 3 saturated carbocycles. The van der Waals surface area contributed by atoms with Gasteiger partial charge < -0.3 is 84.6 Å². The van der Waals surface area contributed by atoms with Gasteiger partial charge >= 0.3 is 5.97 Å². The summed E-state index contributed by atoms with van der Waals surface area (Å²) in [5.41, 5.74) is 0.194. The lowest BCUT2D eigenvalue weighted by molar-refractivity contribution is -0.361. The Morgan fingerprint density at radius 2 is 1.38 bits per heavy atom. The maximum atomic E-state index is 14.8. The number of hydrogen-bond donors (Lipinski definition) is 11. The molecule has 5 aliphatic carbocycles. The molecule has 8 rings (SSSR count). The lowest BCUT2D eigenvalue weighted by Crippen LogP contribution is -2.67. The van der Waals surface area contributed by atoms with Gasteiger partial charge in [-0.15, -0.1) is 0 Å². The van der Waals surface area contributed by atoms with Crippen molar-refractivity contribution in [3.8, 4) is 0 Å². The highest BCUT2D eigenvalue weighted by Crippen LogP contribution is 2.75. The highest BCUT2D eigenvalue weighted by atomic mass is 16.8. The molecular formula is C47H74O18. The molecule has 0 radical (unpaired) electrons. The van der Waals surface area contributed by atoms with Crippen molar-refractivity contribution in [1.29, 1.82) is 0 Å². The van der Waals surface area contributed by atoms with Gasteiger partial charge in [0.15, 0.2) is 12.6 Å². The van der Waals surface area contributed by atoms with Crippen molar-refractivity contribution in [3.63, 3.8) is 0 Å². The van der Waals surface area contributed by atoms with Gasteiger partial charge in [0.05, 0.1) is 36.9 Å². The summed E-state index contributed by atoms with van der Waals surface area (Å²) in [7, 11) is 0. The molecule has 24 atom stereocenters. The Labute approximate surface area is 380 Å². The number of allylic oxidation sites excluding steroid dienone is 4. The second-order valence-electron chi connectivity index (χ2n) is 22.2. The number of carbonyl (C=O) groups is 1. The van der Waals surface area contributed by atoms with Gasteiger partial charge in [0.1, 0.15) is 67.1 Å². The Morgan fingerprint density at radius 1 is 0.738 bits per heavy atom. The van der Waals surface area contributed by atoms with Gasteiger partial charge in [0.2, 0.25) is 6.29 Å². The highest BCUT2D eigenvalue weighted by Gasteiger charge is 2.70. The van der Waals surface area contributed by atoms with Gasteiger partial charge in [0.25, 0.3) is 0 Å². The predicted octanol–water partition coefficient (Wildman–Crippen LogP) is -0.331. The molecule has 370 valence electrons. The first kappa shape index (κ1) is 49.7. The van der Waals surface area contributed by atoms with Crippen LogP contribution in [0.2, 0.25) is 0 Å². The zero-order valence-corrected chi connectivity index (χ0v) is 38.5. The molecule has 0 spiro atoms. The SMILES string of the molecule is CC1=CCC2(C(=O)OC3OC(COC4OC(CO)C(OC5OC(C)C(O)C(O)C5O)C(O)C4O)C(O)C(O)C3O)CCC3(C)C(=CCC4C5(C)CC(O)C(O)C(C)(C)C5CCC43C)C2C1. The Hall–Kier alpha value is -1.69. The van der Waals surface area contributed by atoms with E-state index in [9.17, 15) is 61.0 Å². The number of fused-ring (bicyclic) bond motifs is 7. The zero-order valence-electron chi connectivity index (χ0n) is 38.5. The third-order valence-corrected chi connectivity index (χ3v) is 18.6. The van der Waals surface area contributed by atoms with Crippen LogP contribution in [-0.2, 0) is 33.2 Å². The number of aliphatic hydroxyl groups excluding tert-OH is 11. The smallest absolute Gasteiger partial charge is 0.315 e. The monoisotopic (exact) mass is 926 g/mol. The first-order chi connectivity index (χ1) is 30.4. The predicted molar refractivity (Wildman–Crippen MR) is 226 cm³/mol. The average molecular weight is 927 g/mol. The van der Waals surface area contributed by atoms with Crippen LogP contribution < -0.4 is 0 Å². The largest absolute Gasteiger partial charge is 0.432 e. The quantitative estimate of drug-likeness (QED) is 0.110. The normalized spacial score (nSPS) is 54.2. The van der Waals surface area contributed by atoms with Crippen molar-refractivity contribution in [1.82, 2.24) is 0 Å². The topological polar surface area (TPSA) is 295 Å². The van der Waals surface area contributed by atoms with Gasteiger partial charge in [-0.05, 0) is 98.7 Å². The van der Waals surface area contributed by atoms with Crippen LogP contribution in [0.3, 0.4) is 0 Å². The average Bonchev–Trinajstić information content (AvgIpc) is 3.25. The minimum Gasteiger partial charge on any atom is -0.432 e. The van der Waals surface area contributed by atoms with Crippen LogP contribution in [0.5, 0.6) is 0 Å². The fraction of sp³-hybridized carbons (Fsp3) is 0.894. The summed E-state index contributed by atoms with van der Waals surface area (Å²) in [6.45, 7) is 13.3. The molecule has 24 unspecified atom stereocenters. The zero-order chi connectivity index (χ0) is 47.5. The maximum Gasteiger partial charge on any atom is 0.315 e. The molecule has 18 heteroatoms. The minimum absolute atomic E-state index is 0.169. The Balaban J connectivity index is 0.969. The van der Waals surface area contributed by atoms with E-state index in [1.54, 1.807) is 0 Å². The molecule has 18 nitrogen and oxygen atoms in total.